The molecule has 0 aliphatic heterocycles. The molecule has 3 heteroatoms. The van der Waals surface area contributed by atoms with E-state index in [0.29, 0.717) is 5.92 Å². The molecule has 0 aromatic carbocycles. The highest BCUT2D eigenvalue weighted by atomic mass is 16.6. The molecule has 0 spiro atoms. The maximum Gasteiger partial charge on any atom is 0.405 e. The number of primary amides is 1. The van der Waals surface area contributed by atoms with Crippen molar-refractivity contribution >= 4 is 6.09 Å². The van der Waals surface area contributed by atoms with Crippen LogP contribution < -0.4 is 5.73 Å². The Morgan fingerprint density at radius 1 is 1.56 bits per heavy atom. The van der Waals surface area contributed by atoms with Crippen LogP contribution in [-0.2, 0) is 4.74 Å². The lowest BCUT2D eigenvalue weighted by Gasteiger charge is -2.27. The molecule has 2 atom stereocenters. The molecule has 1 amide bonds. The summed E-state index contributed by atoms with van der Waals surface area (Å²) in [5, 5.41) is 0. The molecule has 86 valence electrons. The Bertz CT molecular complexity index is 379. The average Bonchev–Trinajstić information content (AvgIpc) is 2.38. The smallest absolute Gasteiger partial charge is 0.405 e. The van der Waals surface area contributed by atoms with Crippen molar-refractivity contribution in [3.05, 3.63) is 35.5 Å². The topological polar surface area (TPSA) is 52.3 Å². The van der Waals surface area contributed by atoms with Crippen LogP contribution in [0.1, 0.15) is 26.2 Å². The molecule has 2 aliphatic rings. The first-order valence-electron chi connectivity index (χ1n) is 5.72. The van der Waals surface area contributed by atoms with Crippen LogP contribution in [0.15, 0.2) is 35.5 Å². The van der Waals surface area contributed by atoms with Crippen molar-refractivity contribution in [1.29, 1.82) is 0 Å². The monoisotopic (exact) mass is 219 g/mol. The van der Waals surface area contributed by atoms with Crippen LogP contribution in [0.3, 0.4) is 0 Å². The molecular formula is C13H17NO2. The largest absolute Gasteiger partial charge is 0.442 e. The van der Waals surface area contributed by atoms with Gasteiger partial charge in [-0.3, -0.25) is 0 Å². The van der Waals surface area contributed by atoms with E-state index in [1.807, 2.05) is 12.2 Å². The van der Waals surface area contributed by atoms with E-state index < -0.39 is 6.09 Å². The summed E-state index contributed by atoms with van der Waals surface area (Å²) in [4.78, 5) is 10.8. The summed E-state index contributed by atoms with van der Waals surface area (Å²) in [5.74, 6) is 0.441. The first-order chi connectivity index (χ1) is 7.66. The number of carbonyl (C=O) groups is 1. The van der Waals surface area contributed by atoms with Crippen molar-refractivity contribution in [2.45, 2.75) is 32.3 Å². The molecule has 1 saturated carbocycles. The molecule has 2 rings (SSSR count). The summed E-state index contributed by atoms with van der Waals surface area (Å²) >= 11 is 0. The first kappa shape index (κ1) is 11.0. The summed E-state index contributed by atoms with van der Waals surface area (Å²) in [6.45, 7) is 2.15. The molecule has 2 aliphatic carbocycles. The van der Waals surface area contributed by atoms with Gasteiger partial charge in [-0.2, -0.15) is 0 Å². The predicted molar refractivity (Wildman–Crippen MR) is 62.8 cm³/mol. The van der Waals surface area contributed by atoms with Gasteiger partial charge < -0.3 is 10.5 Å². The molecule has 0 radical (unpaired) electrons. The molecule has 3 nitrogen and oxygen atoms in total. The average molecular weight is 219 g/mol. The maximum absolute atomic E-state index is 10.8. The second-order valence-electron chi connectivity index (χ2n) is 4.38. The minimum absolute atomic E-state index is 0.160. The minimum Gasteiger partial charge on any atom is -0.442 e. The third-order valence-electron chi connectivity index (χ3n) is 3.04. The molecular weight excluding hydrogens is 202 g/mol. The van der Waals surface area contributed by atoms with E-state index in [1.54, 1.807) is 0 Å². The molecule has 0 aromatic rings. The van der Waals surface area contributed by atoms with Gasteiger partial charge in [0.1, 0.15) is 6.10 Å². The third-order valence-corrected chi connectivity index (χ3v) is 3.04. The number of fused-ring (bicyclic) bond motifs is 1. The fourth-order valence-corrected chi connectivity index (χ4v) is 2.35. The lowest BCUT2D eigenvalue weighted by molar-refractivity contribution is 0.115. The Morgan fingerprint density at radius 2 is 2.38 bits per heavy atom. The first-order valence-corrected chi connectivity index (χ1v) is 5.72. The molecule has 16 heavy (non-hydrogen) atoms. The van der Waals surface area contributed by atoms with E-state index in [0.717, 1.165) is 24.8 Å². The normalized spacial score (nSPS) is 28.6. The lowest BCUT2D eigenvalue weighted by atomic mass is 9.86. The molecule has 2 N–H and O–H groups in total. The Morgan fingerprint density at radius 3 is 3.12 bits per heavy atom. The molecule has 0 saturated heterocycles. The van der Waals surface area contributed by atoms with Gasteiger partial charge in [0.15, 0.2) is 0 Å². The Labute approximate surface area is 95.7 Å². The van der Waals surface area contributed by atoms with E-state index in [-0.39, 0.29) is 6.10 Å². The Hall–Kier alpha value is -1.51. The summed E-state index contributed by atoms with van der Waals surface area (Å²) in [5.41, 5.74) is 7.50. The standard InChI is InChI=1S/C13H17NO2/c1-9-4-2-6-11-10(8-9)5-3-7-12(11)16-13(14)15/h2,4,6,8-9,12H,3,5,7H2,1H3,(H2,14,15). The molecule has 0 bridgehead atoms. The zero-order chi connectivity index (χ0) is 11.5. The van der Waals surface area contributed by atoms with Gasteiger partial charge in [0.05, 0.1) is 0 Å². The number of ether oxygens (including phenoxy) is 1. The Balaban J connectivity index is 2.24. The van der Waals surface area contributed by atoms with Crippen LogP contribution in [0.2, 0.25) is 0 Å². The predicted octanol–water partition coefficient (Wildman–Crippen LogP) is 2.69. The van der Waals surface area contributed by atoms with Gasteiger partial charge in [0.25, 0.3) is 0 Å². The summed E-state index contributed by atoms with van der Waals surface area (Å²) in [7, 11) is 0. The zero-order valence-electron chi connectivity index (χ0n) is 9.48. The third kappa shape index (κ3) is 2.35. The van der Waals surface area contributed by atoms with Gasteiger partial charge in [-0.15, -0.1) is 0 Å². The van der Waals surface area contributed by atoms with Crippen molar-refractivity contribution in [1.82, 2.24) is 0 Å². The van der Waals surface area contributed by atoms with Crippen molar-refractivity contribution in [3.63, 3.8) is 0 Å². The van der Waals surface area contributed by atoms with Gasteiger partial charge in [0.2, 0.25) is 0 Å². The number of hydrogen-bond donors (Lipinski definition) is 1. The molecule has 0 heterocycles. The van der Waals surface area contributed by atoms with Crippen LogP contribution in [0.5, 0.6) is 0 Å². The number of hydrogen-bond acceptors (Lipinski definition) is 2. The SMILES string of the molecule is CC1C=CC=C2C(=C1)CCCC2OC(N)=O. The second-order valence-corrected chi connectivity index (χ2v) is 4.38. The molecule has 0 aromatic heterocycles. The molecule has 1 fully saturated rings. The van der Waals surface area contributed by atoms with Gasteiger partial charge in [-0.1, -0.05) is 31.2 Å². The zero-order valence-corrected chi connectivity index (χ0v) is 9.48. The van der Waals surface area contributed by atoms with Crippen molar-refractivity contribution < 1.29 is 9.53 Å². The number of nitrogens with two attached hydrogens (primary N) is 1. The fourth-order valence-electron chi connectivity index (χ4n) is 2.35. The minimum atomic E-state index is -0.687. The van der Waals surface area contributed by atoms with Crippen molar-refractivity contribution in [3.8, 4) is 0 Å². The maximum atomic E-state index is 10.8. The number of rotatable bonds is 1. The van der Waals surface area contributed by atoms with Crippen LogP contribution in [-0.4, -0.2) is 12.2 Å². The highest BCUT2D eigenvalue weighted by Gasteiger charge is 2.25. The van der Waals surface area contributed by atoms with Gasteiger partial charge in [0, 0.05) is 0 Å². The number of carbonyl (C=O) groups excluding carboxylic acids is 1. The Kier molecular flexibility index (Phi) is 3.13. The van der Waals surface area contributed by atoms with E-state index in [2.05, 4.69) is 19.1 Å². The summed E-state index contributed by atoms with van der Waals surface area (Å²) in [6, 6.07) is 0. The number of allylic oxidation sites excluding steroid dienone is 4. The van der Waals surface area contributed by atoms with Crippen LogP contribution in [0.25, 0.3) is 0 Å². The van der Waals surface area contributed by atoms with Crippen LogP contribution in [0, 0.1) is 5.92 Å². The second kappa shape index (κ2) is 4.56. The lowest BCUT2D eigenvalue weighted by Crippen LogP contribution is -2.27. The van der Waals surface area contributed by atoms with Gasteiger partial charge in [-0.05, 0) is 36.3 Å². The molecule has 2 unspecified atom stereocenters. The highest BCUT2D eigenvalue weighted by Crippen LogP contribution is 2.33. The van der Waals surface area contributed by atoms with Gasteiger partial charge >= 0.3 is 6.09 Å². The summed E-state index contributed by atoms with van der Waals surface area (Å²) < 4.78 is 5.15. The quantitative estimate of drug-likeness (QED) is 0.737. The highest BCUT2D eigenvalue weighted by molar-refractivity contribution is 5.65. The van der Waals surface area contributed by atoms with E-state index in [1.165, 1.54) is 5.57 Å². The van der Waals surface area contributed by atoms with Crippen LogP contribution >= 0.6 is 0 Å². The summed E-state index contributed by atoms with van der Waals surface area (Å²) in [6.07, 6.45) is 10.6. The van der Waals surface area contributed by atoms with Crippen molar-refractivity contribution in [2.75, 3.05) is 0 Å². The van der Waals surface area contributed by atoms with E-state index in [4.69, 9.17) is 10.5 Å². The van der Waals surface area contributed by atoms with Crippen molar-refractivity contribution in [2.24, 2.45) is 11.7 Å². The van der Waals surface area contributed by atoms with Crippen LogP contribution in [0.4, 0.5) is 4.79 Å². The van der Waals surface area contributed by atoms with Gasteiger partial charge in [-0.25, -0.2) is 4.79 Å². The fraction of sp³-hybridized carbons (Fsp3) is 0.462. The van der Waals surface area contributed by atoms with E-state index in [9.17, 15) is 4.79 Å². The number of amides is 1. The van der Waals surface area contributed by atoms with E-state index >= 15 is 0 Å².